The number of anilines is 1. The second-order valence-corrected chi connectivity index (χ2v) is 5.43. The van der Waals surface area contributed by atoms with Crippen molar-refractivity contribution in [2.45, 2.75) is 19.3 Å². The Labute approximate surface area is 113 Å². The molecule has 3 rings (SSSR count). The van der Waals surface area contributed by atoms with Gasteiger partial charge in [0, 0.05) is 23.2 Å². The molecule has 1 aliphatic heterocycles. The van der Waals surface area contributed by atoms with Crippen LogP contribution < -0.4 is 5.32 Å². The summed E-state index contributed by atoms with van der Waals surface area (Å²) in [6.45, 7) is 3.14. The molecule has 0 amide bonds. The molecule has 1 heterocycles. The molecule has 1 atom stereocenters. The zero-order valence-corrected chi connectivity index (χ0v) is 11.2. The minimum Gasteiger partial charge on any atom is -0.384 e. The van der Waals surface area contributed by atoms with Crippen molar-refractivity contribution in [3.05, 3.63) is 64.2 Å². The Morgan fingerprint density at radius 3 is 2.67 bits per heavy atom. The van der Waals surface area contributed by atoms with Crippen LogP contribution in [0.2, 0.25) is 5.02 Å². The van der Waals surface area contributed by atoms with Gasteiger partial charge in [0.15, 0.2) is 0 Å². The van der Waals surface area contributed by atoms with Crippen molar-refractivity contribution >= 4 is 17.3 Å². The summed E-state index contributed by atoms with van der Waals surface area (Å²) < 4.78 is 0. The monoisotopic (exact) mass is 257 g/mol. The van der Waals surface area contributed by atoms with Crippen LogP contribution in [0.3, 0.4) is 0 Å². The maximum atomic E-state index is 5.94. The number of hydrogen-bond donors (Lipinski definition) is 1. The lowest BCUT2D eigenvalue weighted by atomic mass is 9.88. The van der Waals surface area contributed by atoms with Gasteiger partial charge in [-0.3, -0.25) is 0 Å². The molecular formula is C16H16ClN. The largest absolute Gasteiger partial charge is 0.384 e. The lowest BCUT2D eigenvalue weighted by Gasteiger charge is -2.27. The van der Waals surface area contributed by atoms with Crippen LogP contribution in [0, 0.1) is 6.92 Å². The van der Waals surface area contributed by atoms with E-state index >= 15 is 0 Å². The zero-order valence-electron chi connectivity index (χ0n) is 10.4. The number of hydrogen-bond acceptors (Lipinski definition) is 1. The van der Waals surface area contributed by atoms with Gasteiger partial charge in [0.25, 0.3) is 0 Å². The summed E-state index contributed by atoms with van der Waals surface area (Å²) in [7, 11) is 0. The fourth-order valence-corrected chi connectivity index (χ4v) is 2.73. The Kier molecular flexibility index (Phi) is 3.00. The summed E-state index contributed by atoms with van der Waals surface area (Å²) in [4.78, 5) is 0. The third-order valence-corrected chi connectivity index (χ3v) is 3.86. The fourth-order valence-electron chi connectivity index (χ4n) is 2.61. The van der Waals surface area contributed by atoms with Crippen LogP contribution in [0.1, 0.15) is 22.6 Å². The van der Waals surface area contributed by atoms with Crippen molar-refractivity contribution in [3.63, 3.8) is 0 Å². The van der Waals surface area contributed by atoms with Gasteiger partial charge < -0.3 is 5.32 Å². The standard InChI is InChI=1S/C16H16ClN/c1-11-2-7-16-13(8-11)9-14(10-18-16)12-3-5-15(17)6-4-12/h2-8,14,18H,9-10H2,1H3. The van der Waals surface area contributed by atoms with Crippen LogP contribution in [0.5, 0.6) is 0 Å². The van der Waals surface area contributed by atoms with Gasteiger partial charge in [-0.05, 0) is 42.7 Å². The van der Waals surface area contributed by atoms with Gasteiger partial charge in [0.1, 0.15) is 0 Å². The normalized spacial score (nSPS) is 18.0. The first-order valence-corrected chi connectivity index (χ1v) is 6.69. The Bertz CT molecular complexity index is 560. The molecule has 0 aliphatic carbocycles. The highest BCUT2D eigenvalue weighted by molar-refractivity contribution is 6.30. The number of halogens is 1. The van der Waals surface area contributed by atoms with Gasteiger partial charge in [0.2, 0.25) is 0 Å². The molecule has 1 N–H and O–H groups in total. The summed E-state index contributed by atoms with van der Waals surface area (Å²) in [5.41, 5.74) is 5.39. The Balaban J connectivity index is 1.88. The molecule has 0 spiro atoms. The van der Waals surface area contributed by atoms with Gasteiger partial charge in [-0.15, -0.1) is 0 Å². The van der Waals surface area contributed by atoms with Crippen LogP contribution in [-0.2, 0) is 6.42 Å². The lowest BCUT2D eigenvalue weighted by molar-refractivity contribution is 0.694. The molecule has 18 heavy (non-hydrogen) atoms. The van der Waals surface area contributed by atoms with E-state index in [1.807, 2.05) is 12.1 Å². The maximum Gasteiger partial charge on any atom is 0.0406 e. The second kappa shape index (κ2) is 4.66. The highest BCUT2D eigenvalue weighted by atomic mass is 35.5. The van der Waals surface area contributed by atoms with Gasteiger partial charge in [-0.25, -0.2) is 0 Å². The van der Waals surface area contributed by atoms with Gasteiger partial charge >= 0.3 is 0 Å². The molecule has 0 fully saturated rings. The SMILES string of the molecule is Cc1ccc2c(c1)CC(c1ccc(Cl)cc1)CN2. The highest BCUT2D eigenvalue weighted by Gasteiger charge is 2.19. The highest BCUT2D eigenvalue weighted by Crippen LogP contribution is 2.31. The molecule has 2 heteroatoms. The Morgan fingerprint density at radius 1 is 1.11 bits per heavy atom. The van der Waals surface area contributed by atoms with E-state index in [0.717, 1.165) is 18.0 Å². The molecule has 0 saturated heterocycles. The van der Waals surface area contributed by atoms with Crippen LogP contribution in [0.4, 0.5) is 5.69 Å². The van der Waals surface area contributed by atoms with Crippen molar-refractivity contribution in [2.24, 2.45) is 0 Å². The first kappa shape index (κ1) is 11.6. The van der Waals surface area contributed by atoms with E-state index < -0.39 is 0 Å². The molecule has 1 aliphatic rings. The third kappa shape index (κ3) is 2.23. The molecule has 2 aromatic carbocycles. The topological polar surface area (TPSA) is 12.0 Å². The lowest BCUT2D eigenvalue weighted by Crippen LogP contribution is -2.21. The average molecular weight is 258 g/mol. The fraction of sp³-hybridized carbons (Fsp3) is 0.250. The number of aryl methyl sites for hydroxylation is 1. The van der Waals surface area contributed by atoms with E-state index in [9.17, 15) is 0 Å². The Hall–Kier alpha value is -1.47. The third-order valence-electron chi connectivity index (χ3n) is 3.61. The van der Waals surface area contributed by atoms with E-state index in [2.05, 4.69) is 42.6 Å². The van der Waals surface area contributed by atoms with Crippen LogP contribution in [-0.4, -0.2) is 6.54 Å². The summed E-state index contributed by atoms with van der Waals surface area (Å²) in [6.07, 6.45) is 1.10. The van der Waals surface area contributed by atoms with Gasteiger partial charge in [-0.2, -0.15) is 0 Å². The van der Waals surface area contributed by atoms with Gasteiger partial charge in [0.05, 0.1) is 0 Å². The molecule has 2 aromatic rings. The Morgan fingerprint density at radius 2 is 1.89 bits per heavy atom. The molecule has 0 aromatic heterocycles. The minimum atomic E-state index is 0.538. The van der Waals surface area contributed by atoms with E-state index in [-0.39, 0.29) is 0 Å². The van der Waals surface area contributed by atoms with Crippen molar-refractivity contribution in [3.8, 4) is 0 Å². The van der Waals surface area contributed by atoms with Crippen molar-refractivity contribution in [2.75, 3.05) is 11.9 Å². The van der Waals surface area contributed by atoms with E-state index in [1.54, 1.807) is 0 Å². The van der Waals surface area contributed by atoms with Gasteiger partial charge in [-0.1, -0.05) is 41.4 Å². The number of benzene rings is 2. The van der Waals surface area contributed by atoms with E-state index in [1.165, 1.54) is 22.4 Å². The number of nitrogens with one attached hydrogen (secondary N) is 1. The minimum absolute atomic E-state index is 0.538. The predicted molar refractivity (Wildman–Crippen MR) is 77.6 cm³/mol. The van der Waals surface area contributed by atoms with Crippen LogP contribution in [0.15, 0.2) is 42.5 Å². The molecule has 0 saturated carbocycles. The van der Waals surface area contributed by atoms with Crippen molar-refractivity contribution in [1.29, 1.82) is 0 Å². The van der Waals surface area contributed by atoms with Crippen molar-refractivity contribution < 1.29 is 0 Å². The first-order chi connectivity index (χ1) is 8.72. The summed E-state index contributed by atoms with van der Waals surface area (Å²) >= 11 is 5.94. The molecule has 0 radical (unpaired) electrons. The van der Waals surface area contributed by atoms with Crippen LogP contribution >= 0.6 is 11.6 Å². The molecule has 1 nitrogen and oxygen atoms in total. The number of rotatable bonds is 1. The molecule has 0 bridgehead atoms. The van der Waals surface area contributed by atoms with E-state index in [0.29, 0.717) is 5.92 Å². The first-order valence-electron chi connectivity index (χ1n) is 6.31. The maximum absolute atomic E-state index is 5.94. The summed E-state index contributed by atoms with van der Waals surface area (Å²) in [5.74, 6) is 0.538. The van der Waals surface area contributed by atoms with E-state index in [4.69, 9.17) is 11.6 Å². The number of fused-ring (bicyclic) bond motifs is 1. The molecule has 1 unspecified atom stereocenters. The molecular weight excluding hydrogens is 242 g/mol. The molecule has 92 valence electrons. The summed E-state index contributed by atoms with van der Waals surface area (Å²) in [6, 6.07) is 14.8. The second-order valence-electron chi connectivity index (χ2n) is 4.99. The smallest absolute Gasteiger partial charge is 0.0406 e. The van der Waals surface area contributed by atoms with Crippen molar-refractivity contribution in [1.82, 2.24) is 0 Å². The zero-order chi connectivity index (χ0) is 12.5. The summed E-state index contributed by atoms with van der Waals surface area (Å²) in [5, 5.41) is 4.32. The quantitative estimate of drug-likeness (QED) is 0.798. The van der Waals surface area contributed by atoms with Crippen LogP contribution in [0.25, 0.3) is 0 Å². The average Bonchev–Trinajstić information content (AvgIpc) is 2.38. The predicted octanol–water partition coefficient (Wildman–Crippen LogP) is 4.40.